The van der Waals surface area contributed by atoms with E-state index < -0.39 is 0 Å². The Morgan fingerprint density at radius 1 is 0.556 bits per heavy atom. The van der Waals surface area contributed by atoms with Crippen LogP contribution >= 0.6 is 0 Å². The number of benzene rings is 2. The van der Waals surface area contributed by atoms with Gasteiger partial charge in [0.1, 0.15) is 23.6 Å². The first kappa shape index (κ1) is 26.7. The van der Waals surface area contributed by atoms with E-state index in [0.717, 1.165) is 22.3 Å². The number of para-hydroxylation sites is 2. The lowest BCUT2D eigenvalue weighted by atomic mass is 9.94. The van der Waals surface area contributed by atoms with Gasteiger partial charge in [-0.2, -0.15) is 20.5 Å². The first-order valence-corrected chi connectivity index (χ1v) is 12.4. The van der Waals surface area contributed by atoms with Gasteiger partial charge in [-0.15, -0.1) is 0 Å². The van der Waals surface area contributed by atoms with Crippen LogP contribution in [0.3, 0.4) is 0 Å². The number of aromatic nitrogens is 2. The van der Waals surface area contributed by atoms with Gasteiger partial charge in [0.15, 0.2) is 11.4 Å². The highest BCUT2D eigenvalue weighted by molar-refractivity contribution is 5.52. The predicted molar refractivity (Wildman–Crippen MR) is 141 cm³/mol. The van der Waals surface area contributed by atoms with Crippen LogP contribution in [-0.4, -0.2) is 9.97 Å². The molecule has 3 aromatic rings. The SMILES string of the molecule is CC(C)c1cccc(C(C)C)c1Oc1nc(C#N)c(C#N)nc1Oc1c(C(C)C)cccc1C(C)C. The van der Waals surface area contributed by atoms with Crippen molar-refractivity contribution in [3.05, 3.63) is 70.0 Å². The zero-order valence-electron chi connectivity index (χ0n) is 22.4. The molecule has 1 aromatic heterocycles. The van der Waals surface area contributed by atoms with Crippen LogP contribution in [0.15, 0.2) is 36.4 Å². The summed E-state index contributed by atoms with van der Waals surface area (Å²) in [6.45, 7) is 16.8. The zero-order chi connectivity index (χ0) is 26.6. The van der Waals surface area contributed by atoms with Crippen molar-refractivity contribution in [1.82, 2.24) is 9.97 Å². The number of nitrogens with zero attached hydrogens (tertiary/aromatic N) is 4. The van der Waals surface area contributed by atoms with Gasteiger partial charge in [0.05, 0.1) is 0 Å². The quantitative estimate of drug-likeness (QED) is 0.320. The third kappa shape index (κ3) is 5.50. The molecule has 0 saturated carbocycles. The minimum absolute atomic E-state index is 0.0637. The maximum Gasteiger partial charge on any atom is 0.285 e. The Hall–Kier alpha value is -3.90. The lowest BCUT2D eigenvalue weighted by Gasteiger charge is -2.22. The molecule has 6 heteroatoms. The Balaban J connectivity index is 2.27. The number of hydrogen-bond donors (Lipinski definition) is 0. The fourth-order valence-electron chi connectivity index (χ4n) is 4.09. The second-order valence-electron chi connectivity index (χ2n) is 10.1. The molecule has 0 saturated heterocycles. The molecule has 3 rings (SSSR count). The van der Waals surface area contributed by atoms with Crippen LogP contribution in [0.4, 0.5) is 0 Å². The lowest BCUT2D eigenvalue weighted by Crippen LogP contribution is -2.07. The average Bonchev–Trinajstić information content (AvgIpc) is 2.84. The minimum Gasteiger partial charge on any atom is -0.434 e. The molecule has 0 atom stereocenters. The Morgan fingerprint density at radius 2 is 0.833 bits per heavy atom. The highest BCUT2D eigenvalue weighted by Gasteiger charge is 2.24. The normalized spacial score (nSPS) is 11.2. The topological polar surface area (TPSA) is 91.8 Å². The molecule has 0 bridgehead atoms. The summed E-state index contributed by atoms with van der Waals surface area (Å²) in [7, 11) is 0. The van der Waals surface area contributed by atoms with Crippen LogP contribution < -0.4 is 9.47 Å². The van der Waals surface area contributed by atoms with Gasteiger partial charge in [0.2, 0.25) is 0 Å². The molecule has 0 aliphatic carbocycles. The predicted octanol–water partition coefficient (Wildman–Crippen LogP) is 8.30. The summed E-state index contributed by atoms with van der Waals surface area (Å²) in [5.41, 5.74) is 3.86. The molecular weight excluding hydrogens is 448 g/mol. The third-order valence-corrected chi connectivity index (χ3v) is 6.08. The largest absolute Gasteiger partial charge is 0.434 e. The summed E-state index contributed by atoms with van der Waals surface area (Å²) in [5.74, 6) is 2.26. The fourth-order valence-corrected chi connectivity index (χ4v) is 4.09. The number of ether oxygens (including phenoxy) is 2. The van der Waals surface area contributed by atoms with Gasteiger partial charge in [-0.25, -0.2) is 0 Å². The Bertz CT molecular complexity index is 1170. The van der Waals surface area contributed by atoms with Crippen LogP contribution in [0.25, 0.3) is 0 Å². The maximum absolute atomic E-state index is 9.64. The molecule has 2 aromatic carbocycles. The Labute approximate surface area is 214 Å². The van der Waals surface area contributed by atoms with Crippen LogP contribution in [0.1, 0.15) is 113 Å². The molecule has 0 aliphatic rings. The van der Waals surface area contributed by atoms with Gasteiger partial charge in [-0.1, -0.05) is 91.8 Å². The second-order valence-corrected chi connectivity index (χ2v) is 10.1. The highest BCUT2D eigenvalue weighted by Crippen LogP contribution is 2.43. The Kier molecular flexibility index (Phi) is 8.33. The smallest absolute Gasteiger partial charge is 0.285 e. The monoisotopic (exact) mass is 482 g/mol. The Morgan fingerprint density at radius 3 is 1.06 bits per heavy atom. The van der Waals surface area contributed by atoms with Gasteiger partial charge in [0.25, 0.3) is 11.8 Å². The molecule has 0 radical (unpaired) electrons. The molecule has 0 unspecified atom stereocenters. The molecular formula is C30H34N4O2. The minimum atomic E-state index is -0.103. The van der Waals surface area contributed by atoms with Crippen molar-refractivity contribution in [2.45, 2.75) is 79.1 Å². The van der Waals surface area contributed by atoms with E-state index >= 15 is 0 Å². The van der Waals surface area contributed by atoms with Crippen molar-refractivity contribution in [2.75, 3.05) is 0 Å². The van der Waals surface area contributed by atoms with Crippen LogP contribution in [0, 0.1) is 22.7 Å². The van der Waals surface area contributed by atoms with Crippen molar-refractivity contribution in [3.8, 4) is 35.4 Å². The third-order valence-electron chi connectivity index (χ3n) is 6.08. The second kappa shape index (κ2) is 11.2. The molecule has 1 heterocycles. The molecule has 0 amide bonds. The first-order chi connectivity index (χ1) is 17.1. The van der Waals surface area contributed by atoms with Gasteiger partial charge < -0.3 is 9.47 Å². The fraction of sp³-hybridized carbons (Fsp3) is 0.400. The molecule has 0 fully saturated rings. The van der Waals surface area contributed by atoms with Crippen molar-refractivity contribution in [1.29, 1.82) is 10.5 Å². The first-order valence-electron chi connectivity index (χ1n) is 12.4. The van der Waals surface area contributed by atoms with Crippen LogP contribution in [0.5, 0.6) is 23.3 Å². The van der Waals surface area contributed by atoms with E-state index in [9.17, 15) is 10.5 Å². The van der Waals surface area contributed by atoms with Gasteiger partial charge in [0, 0.05) is 0 Å². The van der Waals surface area contributed by atoms with Crippen molar-refractivity contribution in [2.24, 2.45) is 0 Å². The van der Waals surface area contributed by atoms with E-state index in [2.05, 4.69) is 65.4 Å². The summed E-state index contributed by atoms with van der Waals surface area (Å²) < 4.78 is 12.9. The van der Waals surface area contributed by atoms with Crippen molar-refractivity contribution in [3.63, 3.8) is 0 Å². The lowest BCUT2D eigenvalue weighted by molar-refractivity contribution is 0.378. The summed E-state index contributed by atoms with van der Waals surface area (Å²) in [6, 6.07) is 16.1. The number of rotatable bonds is 8. The molecule has 0 spiro atoms. The standard InChI is InChI=1S/C30H34N4O2/c1-17(2)21-11-9-12-22(18(3)4)27(21)35-29-30(34-26(16-32)25(15-31)33-29)36-28-23(19(5)6)13-10-14-24(28)20(7)8/h9-14,17-20H,1-8H3. The van der Waals surface area contributed by atoms with Crippen LogP contribution in [0.2, 0.25) is 0 Å². The maximum atomic E-state index is 9.64. The van der Waals surface area contributed by atoms with E-state index in [1.807, 2.05) is 48.5 Å². The van der Waals surface area contributed by atoms with E-state index in [1.165, 1.54) is 0 Å². The molecule has 186 valence electrons. The van der Waals surface area contributed by atoms with Crippen molar-refractivity contribution >= 4 is 0 Å². The van der Waals surface area contributed by atoms with E-state index in [-0.39, 0.29) is 46.8 Å². The van der Waals surface area contributed by atoms with Gasteiger partial charge >= 0.3 is 0 Å². The van der Waals surface area contributed by atoms with Gasteiger partial charge in [-0.3, -0.25) is 0 Å². The van der Waals surface area contributed by atoms with Crippen LogP contribution in [-0.2, 0) is 0 Å². The number of hydrogen-bond acceptors (Lipinski definition) is 6. The molecule has 0 N–H and O–H groups in total. The summed E-state index contributed by atoms with van der Waals surface area (Å²) in [5, 5.41) is 19.3. The molecule has 36 heavy (non-hydrogen) atoms. The summed E-state index contributed by atoms with van der Waals surface area (Å²) in [4.78, 5) is 8.82. The molecule has 6 nitrogen and oxygen atoms in total. The highest BCUT2D eigenvalue weighted by atomic mass is 16.5. The summed E-state index contributed by atoms with van der Waals surface area (Å²) >= 11 is 0. The summed E-state index contributed by atoms with van der Waals surface area (Å²) in [6.07, 6.45) is 0. The van der Waals surface area contributed by atoms with Gasteiger partial charge in [-0.05, 0) is 45.9 Å². The number of nitriles is 2. The average molecular weight is 483 g/mol. The zero-order valence-corrected chi connectivity index (χ0v) is 22.4. The van der Waals surface area contributed by atoms with Crippen molar-refractivity contribution < 1.29 is 9.47 Å². The van der Waals surface area contributed by atoms with E-state index in [4.69, 9.17) is 9.47 Å². The van der Waals surface area contributed by atoms with E-state index in [0.29, 0.717) is 11.5 Å². The van der Waals surface area contributed by atoms with E-state index in [1.54, 1.807) is 0 Å². The molecule has 0 aliphatic heterocycles.